The number of nitrogens with one attached hydrogen (secondary N) is 1. The van der Waals surface area contributed by atoms with Crippen LogP contribution in [0.4, 0.5) is 5.95 Å². The Morgan fingerprint density at radius 2 is 2.00 bits per heavy atom. The zero-order valence-corrected chi connectivity index (χ0v) is 15.5. The van der Waals surface area contributed by atoms with Crippen molar-refractivity contribution in [2.24, 2.45) is 5.73 Å². The van der Waals surface area contributed by atoms with Gasteiger partial charge in [0.25, 0.3) is 5.91 Å². The van der Waals surface area contributed by atoms with Crippen molar-refractivity contribution in [1.82, 2.24) is 19.3 Å². The Kier molecular flexibility index (Phi) is 4.85. The maximum atomic E-state index is 12.7. The van der Waals surface area contributed by atoms with Gasteiger partial charge in [-0.1, -0.05) is 6.92 Å². The second-order valence-electron chi connectivity index (χ2n) is 6.26. The lowest BCUT2D eigenvalue weighted by Crippen LogP contribution is -2.20. The normalized spacial score (nSPS) is 11.1. The van der Waals surface area contributed by atoms with E-state index in [4.69, 9.17) is 5.73 Å². The van der Waals surface area contributed by atoms with Gasteiger partial charge >= 0.3 is 0 Å². The first-order valence-corrected chi connectivity index (χ1v) is 8.74. The van der Waals surface area contributed by atoms with E-state index in [0.717, 1.165) is 12.1 Å². The molecule has 0 bridgehead atoms. The second-order valence-corrected chi connectivity index (χ2v) is 6.26. The van der Waals surface area contributed by atoms with Crippen LogP contribution in [0.5, 0.6) is 5.75 Å². The molecule has 2 amide bonds. The molecule has 3 aromatic rings. The van der Waals surface area contributed by atoms with Gasteiger partial charge in [-0.3, -0.25) is 19.6 Å². The van der Waals surface area contributed by atoms with Gasteiger partial charge in [-0.2, -0.15) is 5.10 Å². The van der Waals surface area contributed by atoms with Crippen molar-refractivity contribution in [1.29, 1.82) is 0 Å². The number of hydrogen-bond donors (Lipinski definition) is 3. The fourth-order valence-electron chi connectivity index (χ4n) is 3.03. The molecule has 0 aliphatic rings. The molecule has 0 spiro atoms. The van der Waals surface area contributed by atoms with Crippen LogP contribution in [0.25, 0.3) is 11.0 Å². The minimum Gasteiger partial charge on any atom is -0.506 e. The van der Waals surface area contributed by atoms with Gasteiger partial charge in [0.15, 0.2) is 0 Å². The Labute approximate surface area is 155 Å². The molecule has 9 nitrogen and oxygen atoms in total. The molecule has 1 aromatic carbocycles. The summed E-state index contributed by atoms with van der Waals surface area (Å²) in [6.07, 6.45) is 0.766. The Balaban J connectivity index is 2.07. The summed E-state index contributed by atoms with van der Waals surface area (Å²) >= 11 is 0. The molecule has 0 fully saturated rings. The van der Waals surface area contributed by atoms with E-state index in [1.165, 1.54) is 6.07 Å². The Hall–Kier alpha value is -3.36. The third-order valence-corrected chi connectivity index (χ3v) is 4.23. The van der Waals surface area contributed by atoms with Crippen molar-refractivity contribution in [2.75, 3.05) is 5.32 Å². The number of amides is 2. The topological polar surface area (TPSA) is 128 Å². The van der Waals surface area contributed by atoms with Crippen LogP contribution in [0.3, 0.4) is 0 Å². The molecule has 0 saturated heterocycles. The second kappa shape index (κ2) is 7.10. The maximum absolute atomic E-state index is 12.7. The average Bonchev–Trinajstić information content (AvgIpc) is 3.16. The van der Waals surface area contributed by atoms with E-state index >= 15 is 0 Å². The molecule has 0 aliphatic heterocycles. The van der Waals surface area contributed by atoms with Crippen LogP contribution in [-0.2, 0) is 13.1 Å². The van der Waals surface area contributed by atoms with Gasteiger partial charge < -0.3 is 15.4 Å². The first kappa shape index (κ1) is 18.4. The van der Waals surface area contributed by atoms with E-state index in [2.05, 4.69) is 15.4 Å². The number of carbonyl (C=O) groups is 2. The zero-order chi connectivity index (χ0) is 19.7. The highest BCUT2D eigenvalue weighted by atomic mass is 16.3. The lowest BCUT2D eigenvalue weighted by atomic mass is 10.1. The smallest absolute Gasteiger partial charge is 0.276 e. The van der Waals surface area contributed by atoms with Gasteiger partial charge in [0.05, 0.1) is 11.2 Å². The number of carbonyl (C=O) groups excluding carboxylic acids is 2. The van der Waals surface area contributed by atoms with Crippen LogP contribution in [0, 0.1) is 6.92 Å². The zero-order valence-electron chi connectivity index (χ0n) is 15.5. The molecular formula is C18H22N6O3. The number of primary amides is 1. The van der Waals surface area contributed by atoms with Gasteiger partial charge in [0.1, 0.15) is 17.0 Å². The number of aromatic hydroxyl groups is 1. The minimum absolute atomic E-state index is 0.166. The molecule has 27 heavy (non-hydrogen) atoms. The summed E-state index contributed by atoms with van der Waals surface area (Å²) in [5.41, 5.74) is 7.50. The Morgan fingerprint density at radius 1 is 1.26 bits per heavy atom. The predicted molar refractivity (Wildman–Crippen MR) is 101 cm³/mol. The van der Waals surface area contributed by atoms with Gasteiger partial charge in [0, 0.05) is 18.7 Å². The Bertz CT molecular complexity index is 1030. The first-order chi connectivity index (χ1) is 12.8. The number of hydrogen-bond acceptors (Lipinski definition) is 5. The molecule has 2 aromatic heterocycles. The minimum atomic E-state index is -0.649. The molecule has 0 radical (unpaired) electrons. The van der Waals surface area contributed by atoms with Gasteiger partial charge in [-0.05, 0) is 38.5 Å². The van der Waals surface area contributed by atoms with Gasteiger partial charge in [-0.15, -0.1) is 0 Å². The highest BCUT2D eigenvalue weighted by Crippen LogP contribution is 2.29. The molecule has 9 heteroatoms. The summed E-state index contributed by atoms with van der Waals surface area (Å²) in [4.78, 5) is 28.6. The molecule has 2 heterocycles. The predicted octanol–water partition coefficient (Wildman–Crippen LogP) is 2.03. The molecule has 142 valence electrons. The lowest BCUT2D eigenvalue weighted by Gasteiger charge is -2.10. The molecule has 0 aliphatic carbocycles. The van der Waals surface area contributed by atoms with E-state index in [1.54, 1.807) is 21.4 Å². The van der Waals surface area contributed by atoms with Crippen molar-refractivity contribution in [2.45, 2.75) is 40.3 Å². The third kappa shape index (κ3) is 3.35. The molecular weight excluding hydrogens is 348 g/mol. The number of nitrogens with zero attached hydrogens (tertiary/aromatic N) is 4. The molecule has 0 saturated carbocycles. The number of benzene rings is 1. The summed E-state index contributed by atoms with van der Waals surface area (Å²) in [5.74, 6) is -0.875. The summed E-state index contributed by atoms with van der Waals surface area (Å²) in [5, 5.41) is 17.3. The van der Waals surface area contributed by atoms with Crippen molar-refractivity contribution < 1.29 is 14.7 Å². The highest BCUT2D eigenvalue weighted by molar-refractivity contribution is 6.04. The largest absolute Gasteiger partial charge is 0.506 e. The number of fused-ring (bicyclic) bond motifs is 1. The van der Waals surface area contributed by atoms with Crippen molar-refractivity contribution in [3.05, 3.63) is 35.2 Å². The van der Waals surface area contributed by atoms with Crippen LogP contribution < -0.4 is 11.1 Å². The lowest BCUT2D eigenvalue weighted by molar-refractivity contribution is 0.0995. The number of aromatic nitrogens is 4. The summed E-state index contributed by atoms with van der Waals surface area (Å²) in [7, 11) is 0. The van der Waals surface area contributed by atoms with Gasteiger partial charge in [0.2, 0.25) is 11.9 Å². The van der Waals surface area contributed by atoms with Gasteiger partial charge in [-0.25, -0.2) is 4.98 Å². The number of imidazole rings is 1. The van der Waals surface area contributed by atoms with Crippen LogP contribution >= 0.6 is 0 Å². The summed E-state index contributed by atoms with van der Waals surface area (Å²) in [6.45, 7) is 6.80. The van der Waals surface area contributed by atoms with E-state index in [1.807, 2.05) is 20.8 Å². The number of aryl methyl sites for hydroxylation is 3. The quantitative estimate of drug-likeness (QED) is 0.611. The van der Waals surface area contributed by atoms with Crippen molar-refractivity contribution >= 4 is 28.8 Å². The Morgan fingerprint density at radius 3 is 2.63 bits per heavy atom. The SMILES string of the molecule is CCCn1c(NC(=O)c2cc(C)nn2CC)nc2c(O)cc(C(N)=O)cc21. The fraction of sp³-hybridized carbons (Fsp3) is 0.333. The molecule has 3 rings (SSSR count). The first-order valence-electron chi connectivity index (χ1n) is 8.74. The van der Waals surface area contributed by atoms with E-state index in [-0.39, 0.29) is 23.2 Å². The van der Waals surface area contributed by atoms with E-state index < -0.39 is 5.91 Å². The number of anilines is 1. The highest BCUT2D eigenvalue weighted by Gasteiger charge is 2.20. The van der Waals surface area contributed by atoms with E-state index in [0.29, 0.717) is 29.8 Å². The number of rotatable bonds is 6. The third-order valence-electron chi connectivity index (χ3n) is 4.23. The summed E-state index contributed by atoms with van der Waals surface area (Å²) in [6, 6.07) is 4.54. The van der Waals surface area contributed by atoms with Crippen LogP contribution in [-0.4, -0.2) is 36.3 Å². The van der Waals surface area contributed by atoms with Crippen LogP contribution in [0.1, 0.15) is 46.8 Å². The number of nitrogens with two attached hydrogens (primary N) is 1. The number of phenolic OH excluding ortho intramolecular Hbond substituents is 1. The molecule has 0 unspecified atom stereocenters. The standard InChI is InChI=1S/C18H22N6O3/c1-4-6-23-12-8-11(16(19)26)9-14(25)15(12)20-18(23)21-17(27)13-7-10(3)22-24(13)5-2/h7-9,25H,4-6H2,1-3H3,(H2,19,26)(H,20,21,27). The van der Waals surface area contributed by atoms with Crippen LogP contribution in [0.2, 0.25) is 0 Å². The maximum Gasteiger partial charge on any atom is 0.276 e. The fourth-order valence-corrected chi connectivity index (χ4v) is 3.03. The average molecular weight is 370 g/mol. The molecule has 0 atom stereocenters. The van der Waals surface area contributed by atoms with Crippen molar-refractivity contribution in [3.63, 3.8) is 0 Å². The number of phenols is 1. The van der Waals surface area contributed by atoms with E-state index in [9.17, 15) is 14.7 Å². The summed E-state index contributed by atoms with van der Waals surface area (Å²) < 4.78 is 3.36. The van der Waals surface area contributed by atoms with Crippen molar-refractivity contribution in [3.8, 4) is 5.75 Å². The molecule has 4 N–H and O–H groups in total. The monoisotopic (exact) mass is 370 g/mol. The van der Waals surface area contributed by atoms with Crippen LogP contribution in [0.15, 0.2) is 18.2 Å².